The smallest absolute Gasteiger partial charge is 0.137 e. The predicted molar refractivity (Wildman–Crippen MR) is 103 cm³/mol. The lowest BCUT2D eigenvalue weighted by atomic mass is 10.1. The van der Waals surface area contributed by atoms with Crippen molar-refractivity contribution in [3.05, 3.63) is 67.0 Å². The van der Waals surface area contributed by atoms with Gasteiger partial charge in [0, 0.05) is 17.6 Å². The molecule has 0 unspecified atom stereocenters. The van der Waals surface area contributed by atoms with Crippen LogP contribution >= 0.6 is 0 Å². The molecular formula is C20H22N4O. The minimum absolute atomic E-state index is 0.652. The molecule has 0 amide bonds. The molecule has 0 radical (unpaired) electrons. The topological polar surface area (TPSA) is 73.1 Å². The van der Waals surface area contributed by atoms with Gasteiger partial charge in [-0.05, 0) is 48.7 Å². The van der Waals surface area contributed by atoms with Gasteiger partial charge in [0.1, 0.15) is 17.9 Å². The number of ether oxygens (including phenoxy) is 1. The van der Waals surface area contributed by atoms with Gasteiger partial charge in [-0.2, -0.15) is 0 Å². The van der Waals surface area contributed by atoms with Crippen LogP contribution < -0.4 is 15.8 Å². The van der Waals surface area contributed by atoms with E-state index in [1.54, 1.807) is 6.33 Å². The van der Waals surface area contributed by atoms with Gasteiger partial charge >= 0.3 is 0 Å². The quantitative estimate of drug-likeness (QED) is 0.372. The predicted octanol–water partition coefficient (Wildman–Crippen LogP) is 3.82. The molecule has 25 heavy (non-hydrogen) atoms. The number of nitrogens with one attached hydrogen (secondary N) is 1. The first kappa shape index (κ1) is 16.8. The van der Waals surface area contributed by atoms with E-state index in [4.69, 9.17) is 10.5 Å². The number of hydrogen-bond acceptors (Lipinski definition) is 5. The molecule has 3 aromatic rings. The number of rotatable bonds is 8. The number of nitrogens with two attached hydrogens (primary N) is 1. The molecule has 0 bridgehead atoms. The number of hydrogen-bond donors (Lipinski definition) is 2. The maximum absolute atomic E-state index is 5.88. The molecule has 128 valence electrons. The van der Waals surface area contributed by atoms with Gasteiger partial charge < -0.3 is 15.8 Å². The zero-order chi connectivity index (χ0) is 17.5. The Labute approximate surface area is 147 Å². The van der Waals surface area contributed by atoms with Crippen molar-refractivity contribution in [2.24, 2.45) is 0 Å². The molecule has 0 aliphatic carbocycles. The lowest BCUT2D eigenvalue weighted by Crippen LogP contribution is -2.07. The van der Waals surface area contributed by atoms with Crippen LogP contribution in [0, 0.1) is 0 Å². The molecule has 3 N–H and O–H groups in total. The van der Waals surface area contributed by atoms with Crippen molar-refractivity contribution in [1.29, 1.82) is 0 Å². The van der Waals surface area contributed by atoms with Crippen molar-refractivity contribution >= 4 is 22.4 Å². The van der Waals surface area contributed by atoms with E-state index < -0.39 is 0 Å². The zero-order valence-corrected chi connectivity index (χ0v) is 14.1. The van der Waals surface area contributed by atoms with Gasteiger partial charge in [0.2, 0.25) is 0 Å². The van der Waals surface area contributed by atoms with E-state index in [0.29, 0.717) is 12.3 Å². The highest BCUT2D eigenvalue weighted by atomic mass is 16.5. The fraction of sp³-hybridized carbons (Fsp3) is 0.200. The van der Waals surface area contributed by atoms with Gasteiger partial charge in [-0.1, -0.05) is 18.2 Å². The Balaban J connectivity index is 1.62. The SMILES string of the molecule is C=CCCOc1cccc(CCNc2ncnc3ccc(N)cc23)c1. The normalized spacial score (nSPS) is 10.6. The maximum atomic E-state index is 5.88. The van der Waals surface area contributed by atoms with Crippen LogP contribution in [0.15, 0.2) is 61.4 Å². The Bertz CT molecular complexity index is 863. The third-order valence-corrected chi connectivity index (χ3v) is 3.85. The highest BCUT2D eigenvalue weighted by Crippen LogP contribution is 2.21. The van der Waals surface area contributed by atoms with Gasteiger partial charge in [0.25, 0.3) is 0 Å². The number of fused-ring (bicyclic) bond motifs is 1. The summed E-state index contributed by atoms with van der Waals surface area (Å²) in [6.45, 7) is 5.11. The summed E-state index contributed by atoms with van der Waals surface area (Å²) in [5.41, 5.74) is 8.67. The summed E-state index contributed by atoms with van der Waals surface area (Å²) in [6, 6.07) is 13.8. The molecule has 3 rings (SSSR count). The Morgan fingerprint density at radius 3 is 2.96 bits per heavy atom. The molecule has 5 nitrogen and oxygen atoms in total. The molecule has 0 saturated heterocycles. The van der Waals surface area contributed by atoms with Crippen LogP contribution in [-0.4, -0.2) is 23.1 Å². The zero-order valence-electron chi connectivity index (χ0n) is 14.1. The summed E-state index contributed by atoms with van der Waals surface area (Å²) in [5, 5.41) is 4.31. The maximum Gasteiger partial charge on any atom is 0.137 e. The Kier molecular flexibility index (Phi) is 5.46. The van der Waals surface area contributed by atoms with Gasteiger partial charge in [-0.15, -0.1) is 6.58 Å². The fourth-order valence-corrected chi connectivity index (χ4v) is 2.59. The first-order valence-electron chi connectivity index (χ1n) is 8.33. The van der Waals surface area contributed by atoms with Crippen molar-refractivity contribution in [2.75, 3.05) is 24.2 Å². The minimum atomic E-state index is 0.652. The van der Waals surface area contributed by atoms with Crippen LogP contribution in [0.2, 0.25) is 0 Å². The first-order valence-corrected chi connectivity index (χ1v) is 8.33. The largest absolute Gasteiger partial charge is 0.493 e. The Morgan fingerprint density at radius 2 is 2.08 bits per heavy atom. The van der Waals surface area contributed by atoms with Crippen LogP contribution in [0.5, 0.6) is 5.75 Å². The lowest BCUT2D eigenvalue weighted by molar-refractivity contribution is 0.324. The van der Waals surface area contributed by atoms with Gasteiger partial charge in [-0.3, -0.25) is 0 Å². The number of anilines is 2. The molecule has 1 aromatic heterocycles. The summed E-state index contributed by atoms with van der Waals surface area (Å²) in [7, 11) is 0. The van der Waals surface area contributed by atoms with E-state index in [2.05, 4.69) is 34.0 Å². The third kappa shape index (κ3) is 4.47. The van der Waals surface area contributed by atoms with Crippen LogP contribution in [-0.2, 0) is 6.42 Å². The van der Waals surface area contributed by atoms with Crippen molar-refractivity contribution in [2.45, 2.75) is 12.8 Å². The molecule has 5 heteroatoms. The second-order valence-corrected chi connectivity index (χ2v) is 5.75. The standard InChI is InChI=1S/C20H22N4O/c1-2-3-11-25-17-6-4-5-15(12-17)9-10-22-20-18-13-16(21)7-8-19(18)23-14-24-20/h2,4-8,12-14H,1,3,9-11,21H2,(H,22,23,24). The molecule has 1 heterocycles. The third-order valence-electron chi connectivity index (χ3n) is 3.85. The van der Waals surface area contributed by atoms with Crippen molar-refractivity contribution in [1.82, 2.24) is 9.97 Å². The second kappa shape index (κ2) is 8.15. The fourth-order valence-electron chi connectivity index (χ4n) is 2.59. The van der Waals surface area contributed by atoms with Crippen LogP contribution in [0.1, 0.15) is 12.0 Å². The molecule has 0 saturated carbocycles. The number of nitrogens with zero attached hydrogens (tertiary/aromatic N) is 2. The molecule has 0 spiro atoms. The number of benzene rings is 2. The highest BCUT2D eigenvalue weighted by molar-refractivity contribution is 5.91. The Morgan fingerprint density at radius 1 is 1.16 bits per heavy atom. The van der Waals surface area contributed by atoms with E-state index >= 15 is 0 Å². The molecule has 0 aliphatic heterocycles. The van der Waals surface area contributed by atoms with Gasteiger partial charge in [0.15, 0.2) is 0 Å². The van der Waals surface area contributed by atoms with E-state index in [-0.39, 0.29) is 0 Å². The molecular weight excluding hydrogens is 312 g/mol. The number of nitrogen functional groups attached to an aromatic ring is 1. The molecule has 0 fully saturated rings. The summed E-state index contributed by atoms with van der Waals surface area (Å²) in [5.74, 6) is 1.69. The van der Waals surface area contributed by atoms with Crippen molar-refractivity contribution < 1.29 is 4.74 Å². The summed E-state index contributed by atoms with van der Waals surface area (Å²) in [4.78, 5) is 8.60. The monoisotopic (exact) mass is 334 g/mol. The lowest BCUT2D eigenvalue weighted by Gasteiger charge is -2.10. The molecule has 2 aromatic carbocycles. The Hall–Kier alpha value is -3.08. The van der Waals surface area contributed by atoms with Crippen LogP contribution in [0.4, 0.5) is 11.5 Å². The van der Waals surface area contributed by atoms with Gasteiger partial charge in [-0.25, -0.2) is 9.97 Å². The van der Waals surface area contributed by atoms with E-state index in [1.807, 2.05) is 36.4 Å². The van der Waals surface area contributed by atoms with Crippen molar-refractivity contribution in [3.8, 4) is 5.75 Å². The minimum Gasteiger partial charge on any atom is -0.493 e. The second-order valence-electron chi connectivity index (χ2n) is 5.75. The van der Waals surface area contributed by atoms with Crippen LogP contribution in [0.3, 0.4) is 0 Å². The van der Waals surface area contributed by atoms with E-state index in [0.717, 1.165) is 41.9 Å². The van der Waals surface area contributed by atoms with Gasteiger partial charge in [0.05, 0.1) is 12.1 Å². The molecule has 0 aliphatic rings. The average molecular weight is 334 g/mol. The summed E-state index contributed by atoms with van der Waals surface area (Å²) in [6.07, 6.45) is 5.13. The average Bonchev–Trinajstić information content (AvgIpc) is 2.63. The summed E-state index contributed by atoms with van der Waals surface area (Å²) >= 11 is 0. The van der Waals surface area contributed by atoms with E-state index in [1.165, 1.54) is 5.56 Å². The first-order chi connectivity index (χ1) is 12.3. The molecule has 0 atom stereocenters. The number of aromatic nitrogens is 2. The highest BCUT2D eigenvalue weighted by Gasteiger charge is 2.04. The van der Waals surface area contributed by atoms with E-state index in [9.17, 15) is 0 Å². The summed E-state index contributed by atoms with van der Waals surface area (Å²) < 4.78 is 5.70. The van der Waals surface area contributed by atoms with Crippen molar-refractivity contribution in [3.63, 3.8) is 0 Å². The van der Waals surface area contributed by atoms with Crippen LogP contribution in [0.25, 0.3) is 10.9 Å².